The second-order valence-electron chi connectivity index (χ2n) is 4.51. The summed E-state index contributed by atoms with van der Waals surface area (Å²) in [5.74, 6) is 1.38. The van der Waals surface area contributed by atoms with Crippen molar-refractivity contribution in [2.24, 2.45) is 0 Å². The largest absolute Gasteiger partial charge is 0.480 e. The Morgan fingerprint density at radius 1 is 1.30 bits per heavy atom. The van der Waals surface area contributed by atoms with Gasteiger partial charge in [-0.15, -0.1) is 0 Å². The minimum atomic E-state index is 0.576. The molecule has 0 aromatic carbocycles. The predicted molar refractivity (Wildman–Crippen MR) is 83.8 cm³/mol. The van der Waals surface area contributed by atoms with Crippen LogP contribution in [-0.4, -0.2) is 34.9 Å². The summed E-state index contributed by atoms with van der Waals surface area (Å²) < 4.78 is 5.39. The van der Waals surface area contributed by atoms with E-state index >= 15 is 0 Å². The van der Waals surface area contributed by atoms with Gasteiger partial charge in [0.15, 0.2) is 5.16 Å². The lowest BCUT2D eigenvalue weighted by atomic mass is 10.2. The number of aromatic nitrogens is 3. The van der Waals surface area contributed by atoms with Gasteiger partial charge in [0.05, 0.1) is 12.6 Å². The molecule has 2 rings (SSSR count). The summed E-state index contributed by atoms with van der Waals surface area (Å²) >= 11 is 1.53. The molecule has 0 aliphatic carbocycles. The van der Waals surface area contributed by atoms with Crippen molar-refractivity contribution in [3.05, 3.63) is 11.8 Å². The molecule has 0 spiro atoms. The van der Waals surface area contributed by atoms with Gasteiger partial charge in [-0.3, -0.25) is 0 Å². The maximum Gasteiger partial charge on any atom is 0.226 e. The van der Waals surface area contributed by atoms with Gasteiger partial charge in [0, 0.05) is 12.2 Å². The fourth-order valence-corrected chi connectivity index (χ4v) is 2.34. The quantitative estimate of drug-likeness (QED) is 0.501. The number of thioether (sulfide) groups is 1. The number of ether oxygens (including phenoxy) is 1. The monoisotopic (exact) mass is 292 g/mol. The van der Waals surface area contributed by atoms with Crippen LogP contribution in [0.15, 0.2) is 11.2 Å². The van der Waals surface area contributed by atoms with Crippen LogP contribution in [0.4, 0.5) is 5.82 Å². The summed E-state index contributed by atoms with van der Waals surface area (Å²) in [6.07, 6.45) is 4.21. The zero-order chi connectivity index (χ0) is 14.5. The van der Waals surface area contributed by atoms with Crippen LogP contribution in [-0.2, 0) is 0 Å². The standard InChI is InChI=1S/C14H20N4OS/c1-5-6-7-15-12-11-10(17-14(18-12)20-4)8-9(2)16-13(11)19-3/h8H,5-7H2,1-4H3,(H,15,17,18). The molecule has 0 amide bonds. The number of hydrogen-bond acceptors (Lipinski definition) is 6. The SMILES string of the molecule is CCCCNc1nc(SC)nc2cc(C)nc(OC)c12. The Morgan fingerprint density at radius 3 is 2.75 bits per heavy atom. The molecule has 0 unspecified atom stereocenters. The van der Waals surface area contributed by atoms with Gasteiger partial charge in [-0.25, -0.2) is 15.0 Å². The van der Waals surface area contributed by atoms with Crippen LogP contribution in [0.2, 0.25) is 0 Å². The Morgan fingerprint density at radius 2 is 2.10 bits per heavy atom. The summed E-state index contributed by atoms with van der Waals surface area (Å²) in [7, 11) is 1.62. The van der Waals surface area contributed by atoms with Crippen molar-refractivity contribution >= 4 is 28.5 Å². The molecule has 0 aliphatic heterocycles. The molecule has 0 fully saturated rings. The molecule has 0 saturated heterocycles. The van der Waals surface area contributed by atoms with Gasteiger partial charge >= 0.3 is 0 Å². The summed E-state index contributed by atoms with van der Waals surface area (Å²) in [5.41, 5.74) is 1.76. The smallest absolute Gasteiger partial charge is 0.226 e. The number of nitrogens with zero attached hydrogens (tertiary/aromatic N) is 3. The molecule has 2 aromatic heterocycles. The van der Waals surface area contributed by atoms with Crippen molar-refractivity contribution in [2.75, 3.05) is 25.2 Å². The van der Waals surface area contributed by atoms with E-state index in [2.05, 4.69) is 27.2 Å². The third kappa shape index (κ3) is 3.12. The number of methoxy groups -OCH3 is 1. The molecule has 6 heteroatoms. The molecular weight excluding hydrogens is 272 g/mol. The van der Waals surface area contributed by atoms with E-state index in [1.807, 2.05) is 19.2 Å². The first kappa shape index (κ1) is 14.8. The topological polar surface area (TPSA) is 59.9 Å². The van der Waals surface area contributed by atoms with E-state index in [0.29, 0.717) is 5.88 Å². The number of aryl methyl sites for hydroxylation is 1. The Kier molecular flexibility index (Phi) is 5.00. The highest BCUT2D eigenvalue weighted by atomic mass is 32.2. The molecule has 0 bridgehead atoms. The fourth-order valence-electron chi connectivity index (χ4n) is 1.97. The second kappa shape index (κ2) is 6.74. The summed E-state index contributed by atoms with van der Waals surface area (Å²) in [6, 6.07) is 1.96. The predicted octanol–water partition coefficient (Wildman–Crippen LogP) is 3.28. The van der Waals surface area contributed by atoms with Gasteiger partial charge < -0.3 is 10.1 Å². The Bertz CT molecular complexity index is 603. The Balaban J connectivity index is 2.56. The van der Waals surface area contributed by atoms with Crippen LogP contribution >= 0.6 is 11.8 Å². The number of rotatable bonds is 6. The number of pyridine rings is 1. The van der Waals surface area contributed by atoms with Gasteiger partial charge in [0.1, 0.15) is 11.2 Å². The lowest BCUT2D eigenvalue weighted by Gasteiger charge is -2.12. The average Bonchev–Trinajstić information content (AvgIpc) is 2.45. The van der Waals surface area contributed by atoms with Crippen molar-refractivity contribution in [1.82, 2.24) is 15.0 Å². The normalized spacial score (nSPS) is 10.8. The number of fused-ring (bicyclic) bond motifs is 1. The first-order chi connectivity index (χ1) is 9.69. The Labute approximate surface area is 123 Å². The van der Waals surface area contributed by atoms with E-state index in [1.54, 1.807) is 7.11 Å². The van der Waals surface area contributed by atoms with Crippen LogP contribution in [0.1, 0.15) is 25.5 Å². The lowest BCUT2D eigenvalue weighted by Crippen LogP contribution is -2.06. The third-order valence-corrected chi connectivity index (χ3v) is 3.50. The van der Waals surface area contributed by atoms with E-state index in [-0.39, 0.29) is 0 Å². The molecule has 2 aromatic rings. The van der Waals surface area contributed by atoms with E-state index in [4.69, 9.17) is 4.74 Å². The highest BCUT2D eigenvalue weighted by molar-refractivity contribution is 7.98. The molecule has 108 valence electrons. The minimum absolute atomic E-state index is 0.576. The van der Waals surface area contributed by atoms with Crippen LogP contribution in [0, 0.1) is 6.92 Å². The molecular formula is C14H20N4OS. The molecule has 1 N–H and O–H groups in total. The maximum atomic E-state index is 5.39. The molecule has 0 atom stereocenters. The van der Waals surface area contributed by atoms with Crippen molar-refractivity contribution in [2.45, 2.75) is 31.8 Å². The van der Waals surface area contributed by atoms with Gasteiger partial charge in [0.2, 0.25) is 5.88 Å². The molecule has 2 heterocycles. The zero-order valence-corrected chi connectivity index (χ0v) is 13.2. The number of nitrogens with one attached hydrogen (secondary N) is 1. The van der Waals surface area contributed by atoms with Crippen LogP contribution in [0.5, 0.6) is 5.88 Å². The first-order valence-corrected chi connectivity index (χ1v) is 7.93. The van der Waals surface area contributed by atoms with Crippen molar-refractivity contribution in [1.29, 1.82) is 0 Å². The van der Waals surface area contributed by atoms with Crippen LogP contribution in [0.25, 0.3) is 10.9 Å². The maximum absolute atomic E-state index is 5.39. The van der Waals surface area contributed by atoms with Crippen LogP contribution < -0.4 is 10.1 Å². The number of unbranched alkanes of at least 4 members (excludes halogenated alkanes) is 1. The van der Waals surface area contributed by atoms with Crippen molar-refractivity contribution < 1.29 is 4.74 Å². The first-order valence-electron chi connectivity index (χ1n) is 6.70. The molecule has 5 nitrogen and oxygen atoms in total. The van der Waals surface area contributed by atoms with Gasteiger partial charge in [-0.1, -0.05) is 25.1 Å². The van der Waals surface area contributed by atoms with Gasteiger partial charge in [-0.2, -0.15) is 0 Å². The average molecular weight is 292 g/mol. The second-order valence-corrected chi connectivity index (χ2v) is 5.28. The summed E-state index contributed by atoms with van der Waals surface area (Å²) in [5, 5.41) is 4.98. The number of hydrogen-bond donors (Lipinski definition) is 1. The van der Waals surface area contributed by atoms with Gasteiger partial charge in [0.25, 0.3) is 0 Å². The summed E-state index contributed by atoms with van der Waals surface area (Å²) in [4.78, 5) is 13.5. The zero-order valence-electron chi connectivity index (χ0n) is 12.4. The molecule has 0 radical (unpaired) electrons. The lowest BCUT2D eigenvalue weighted by molar-refractivity contribution is 0.402. The number of anilines is 1. The van der Waals surface area contributed by atoms with Crippen molar-refractivity contribution in [3.8, 4) is 5.88 Å². The van der Waals surface area contributed by atoms with Crippen LogP contribution in [0.3, 0.4) is 0 Å². The highest BCUT2D eigenvalue weighted by Crippen LogP contribution is 2.30. The van der Waals surface area contributed by atoms with Crippen molar-refractivity contribution in [3.63, 3.8) is 0 Å². The summed E-state index contributed by atoms with van der Waals surface area (Å²) in [6.45, 7) is 4.99. The molecule has 0 aliphatic rings. The third-order valence-electron chi connectivity index (χ3n) is 2.95. The molecule has 0 saturated carbocycles. The van der Waals surface area contributed by atoms with E-state index in [0.717, 1.165) is 47.0 Å². The Hall–Kier alpha value is -1.56. The minimum Gasteiger partial charge on any atom is -0.480 e. The van der Waals surface area contributed by atoms with Gasteiger partial charge in [-0.05, 0) is 25.7 Å². The highest BCUT2D eigenvalue weighted by Gasteiger charge is 2.14. The van der Waals surface area contributed by atoms with E-state index < -0.39 is 0 Å². The van der Waals surface area contributed by atoms with E-state index in [9.17, 15) is 0 Å². The fraction of sp³-hybridized carbons (Fsp3) is 0.500. The molecule has 20 heavy (non-hydrogen) atoms. The van der Waals surface area contributed by atoms with E-state index in [1.165, 1.54) is 11.8 Å².